The Kier molecular flexibility index (Phi) is 5.66. The number of anilines is 1. The first-order chi connectivity index (χ1) is 17.0. The van der Waals surface area contributed by atoms with E-state index in [2.05, 4.69) is 5.32 Å². The number of ether oxygens (including phenoxy) is 1. The van der Waals surface area contributed by atoms with E-state index in [9.17, 15) is 14.4 Å². The predicted octanol–water partition coefficient (Wildman–Crippen LogP) is 4.59. The van der Waals surface area contributed by atoms with Gasteiger partial charge in [0.25, 0.3) is 11.5 Å². The van der Waals surface area contributed by atoms with E-state index in [0.29, 0.717) is 16.9 Å². The second-order valence-electron chi connectivity index (χ2n) is 8.25. The van der Waals surface area contributed by atoms with E-state index in [-0.39, 0.29) is 11.2 Å². The Morgan fingerprint density at radius 3 is 2.06 bits per heavy atom. The lowest BCUT2D eigenvalue weighted by Gasteiger charge is -2.11. The smallest absolute Gasteiger partial charge is 0.339 e. The number of esters is 1. The van der Waals surface area contributed by atoms with Crippen molar-refractivity contribution in [2.75, 3.05) is 11.9 Å². The number of nitrogens with one attached hydrogen (secondary N) is 1. The van der Waals surface area contributed by atoms with Gasteiger partial charge in [-0.05, 0) is 46.7 Å². The molecule has 0 atom stereocenters. The minimum atomic E-state index is -0.598. The fraction of sp³-hybridized carbons (Fsp3) is 0.107. The third-order valence-electron chi connectivity index (χ3n) is 6.13. The van der Waals surface area contributed by atoms with Gasteiger partial charge in [0.15, 0.2) is 6.61 Å². The highest BCUT2D eigenvalue weighted by molar-refractivity contribution is 6.16. The van der Waals surface area contributed by atoms with Crippen molar-refractivity contribution in [2.24, 2.45) is 7.05 Å². The lowest BCUT2D eigenvalue weighted by Crippen LogP contribution is -2.26. The summed E-state index contributed by atoms with van der Waals surface area (Å²) in [5.41, 5.74) is 1.45. The van der Waals surface area contributed by atoms with Gasteiger partial charge in [-0.1, -0.05) is 66.7 Å². The maximum Gasteiger partial charge on any atom is 0.339 e. The fourth-order valence-corrected chi connectivity index (χ4v) is 4.32. The van der Waals surface area contributed by atoms with Gasteiger partial charge < -0.3 is 10.1 Å². The molecule has 0 aliphatic rings. The molecule has 174 valence electrons. The van der Waals surface area contributed by atoms with Gasteiger partial charge in [0.05, 0.1) is 16.9 Å². The van der Waals surface area contributed by atoms with Crippen molar-refractivity contribution < 1.29 is 14.3 Å². The van der Waals surface area contributed by atoms with Crippen molar-refractivity contribution in [3.05, 3.63) is 107 Å². The molecular weight excluding hydrogens is 442 g/mol. The number of para-hydroxylation sites is 1. The molecule has 0 spiro atoms. The van der Waals surface area contributed by atoms with Gasteiger partial charge in [0, 0.05) is 7.05 Å². The number of amides is 1. The van der Waals surface area contributed by atoms with Crippen molar-refractivity contribution >= 4 is 39.1 Å². The summed E-state index contributed by atoms with van der Waals surface area (Å²) in [4.78, 5) is 38.8. The van der Waals surface area contributed by atoms with Crippen LogP contribution in [-0.4, -0.2) is 27.8 Å². The number of carbonyl (C=O) groups excluding carboxylic acids is 2. The SMILES string of the molecule is Cc1c(NC(=O)COC(=O)c2c3ccccc3cc3ccccc23)c(=O)n(-c2ccccc2)n1C. The van der Waals surface area contributed by atoms with Crippen LogP contribution < -0.4 is 10.9 Å². The Labute approximate surface area is 201 Å². The van der Waals surface area contributed by atoms with E-state index >= 15 is 0 Å². The summed E-state index contributed by atoms with van der Waals surface area (Å²) in [5.74, 6) is -1.19. The first-order valence-electron chi connectivity index (χ1n) is 11.2. The van der Waals surface area contributed by atoms with Crippen molar-refractivity contribution in [2.45, 2.75) is 6.92 Å². The van der Waals surface area contributed by atoms with Gasteiger partial charge in [0.2, 0.25) is 0 Å². The first-order valence-corrected chi connectivity index (χ1v) is 11.2. The van der Waals surface area contributed by atoms with Gasteiger partial charge in [-0.3, -0.25) is 14.3 Å². The van der Waals surface area contributed by atoms with Crippen molar-refractivity contribution in [1.82, 2.24) is 9.36 Å². The second kappa shape index (κ2) is 8.95. The molecular formula is C28H23N3O4. The van der Waals surface area contributed by atoms with E-state index in [4.69, 9.17) is 4.74 Å². The van der Waals surface area contributed by atoms with E-state index < -0.39 is 18.5 Å². The molecule has 0 saturated heterocycles. The van der Waals surface area contributed by atoms with Gasteiger partial charge in [-0.2, -0.15) is 0 Å². The highest BCUT2D eigenvalue weighted by atomic mass is 16.5. The number of hydrogen-bond donors (Lipinski definition) is 1. The van der Waals surface area contributed by atoms with E-state index in [1.54, 1.807) is 18.7 Å². The Balaban J connectivity index is 1.39. The van der Waals surface area contributed by atoms with E-state index in [0.717, 1.165) is 21.5 Å². The molecule has 7 nitrogen and oxygen atoms in total. The van der Waals surface area contributed by atoms with Crippen LogP contribution in [0.25, 0.3) is 27.2 Å². The maximum absolute atomic E-state index is 13.1. The number of nitrogens with zero attached hydrogens (tertiary/aromatic N) is 2. The number of hydrogen-bond acceptors (Lipinski definition) is 4. The van der Waals surface area contributed by atoms with E-state index in [1.165, 1.54) is 4.68 Å². The number of carbonyl (C=O) groups is 2. The van der Waals surface area contributed by atoms with Crippen molar-refractivity contribution in [1.29, 1.82) is 0 Å². The first kappa shape index (κ1) is 22.2. The summed E-state index contributed by atoms with van der Waals surface area (Å²) >= 11 is 0. The Morgan fingerprint density at radius 2 is 1.43 bits per heavy atom. The van der Waals surface area contributed by atoms with Crippen LogP contribution in [0.15, 0.2) is 89.7 Å². The summed E-state index contributed by atoms with van der Waals surface area (Å²) in [5, 5.41) is 5.94. The Bertz CT molecular complexity index is 1590. The highest BCUT2D eigenvalue weighted by Crippen LogP contribution is 2.29. The minimum absolute atomic E-state index is 0.146. The number of aromatic nitrogens is 2. The average Bonchev–Trinajstić information content (AvgIpc) is 3.09. The molecule has 0 saturated carbocycles. The van der Waals surface area contributed by atoms with Gasteiger partial charge in [-0.25, -0.2) is 9.48 Å². The molecule has 1 aromatic heterocycles. The van der Waals surface area contributed by atoms with Crippen LogP contribution in [0.2, 0.25) is 0 Å². The normalized spacial score (nSPS) is 11.0. The molecule has 0 fully saturated rings. The van der Waals surface area contributed by atoms with Crippen LogP contribution in [0.5, 0.6) is 0 Å². The van der Waals surface area contributed by atoms with Crippen LogP contribution in [0, 0.1) is 6.92 Å². The van der Waals surface area contributed by atoms with Gasteiger partial charge in [-0.15, -0.1) is 0 Å². The van der Waals surface area contributed by atoms with Crippen molar-refractivity contribution in [3.8, 4) is 5.69 Å². The molecule has 0 aliphatic carbocycles. The van der Waals surface area contributed by atoms with Crippen molar-refractivity contribution in [3.63, 3.8) is 0 Å². The zero-order valence-corrected chi connectivity index (χ0v) is 19.3. The lowest BCUT2D eigenvalue weighted by molar-refractivity contribution is -0.119. The van der Waals surface area contributed by atoms with Crippen LogP contribution in [0.1, 0.15) is 16.1 Å². The summed E-state index contributed by atoms with van der Waals surface area (Å²) in [7, 11) is 1.74. The van der Waals surface area contributed by atoms with Crippen LogP contribution in [0.3, 0.4) is 0 Å². The molecule has 35 heavy (non-hydrogen) atoms. The average molecular weight is 466 g/mol. The van der Waals surface area contributed by atoms with E-state index in [1.807, 2.05) is 84.9 Å². The third-order valence-corrected chi connectivity index (χ3v) is 6.13. The summed E-state index contributed by atoms with van der Waals surface area (Å²) < 4.78 is 8.55. The minimum Gasteiger partial charge on any atom is -0.452 e. The van der Waals surface area contributed by atoms with Gasteiger partial charge in [0.1, 0.15) is 5.69 Å². The largest absolute Gasteiger partial charge is 0.452 e. The van der Waals surface area contributed by atoms with Gasteiger partial charge >= 0.3 is 5.97 Å². The zero-order chi connectivity index (χ0) is 24.5. The molecule has 1 heterocycles. The second-order valence-corrected chi connectivity index (χ2v) is 8.25. The number of benzene rings is 4. The summed E-state index contributed by atoms with van der Waals surface area (Å²) in [6.07, 6.45) is 0. The van der Waals surface area contributed by atoms with Crippen LogP contribution >= 0.6 is 0 Å². The number of rotatable bonds is 5. The predicted molar refractivity (Wildman–Crippen MR) is 136 cm³/mol. The fourth-order valence-electron chi connectivity index (χ4n) is 4.32. The Morgan fingerprint density at radius 1 is 0.857 bits per heavy atom. The third kappa shape index (κ3) is 3.97. The Hall–Kier alpha value is -4.65. The molecule has 0 unspecified atom stereocenters. The highest BCUT2D eigenvalue weighted by Gasteiger charge is 2.20. The van der Waals surface area contributed by atoms with Crippen LogP contribution in [-0.2, 0) is 16.6 Å². The quantitative estimate of drug-likeness (QED) is 0.304. The molecule has 4 aromatic carbocycles. The molecule has 7 heteroatoms. The molecule has 0 aliphatic heterocycles. The lowest BCUT2D eigenvalue weighted by atomic mass is 9.97. The monoisotopic (exact) mass is 465 g/mol. The summed E-state index contributed by atoms with van der Waals surface area (Å²) in [6.45, 7) is 1.22. The molecule has 0 radical (unpaired) electrons. The molecule has 1 amide bonds. The molecule has 0 bridgehead atoms. The maximum atomic E-state index is 13.1. The van der Waals surface area contributed by atoms with Crippen LogP contribution in [0.4, 0.5) is 5.69 Å². The topological polar surface area (TPSA) is 82.3 Å². The summed E-state index contributed by atoms with van der Waals surface area (Å²) in [6, 6.07) is 26.3. The zero-order valence-electron chi connectivity index (χ0n) is 19.3. The number of fused-ring (bicyclic) bond motifs is 2. The molecule has 1 N–H and O–H groups in total. The molecule has 5 rings (SSSR count). The molecule has 5 aromatic rings. The standard InChI is InChI=1S/C28H23N3O4/c1-18-26(27(33)31(30(18)2)21-12-4-3-5-13-21)29-24(32)17-35-28(34)25-22-14-8-6-10-19(22)16-20-11-7-9-15-23(20)25/h3-16H,17H2,1-2H3,(H,29,32).